The molecule has 2 aromatic rings. The van der Waals surface area contributed by atoms with Gasteiger partial charge in [0, 0.05) is 4.47 Å². The van der Waals surface area contributed by atoms with Crippen molar-refractivity contribution >= 4 is 39.5 Å². The smallest absolute Gasteiger partial charge is 0.282 e. The minimum atomic E-state index is -0.487. The molecule has 7 heteroatoms. The molecule has 3 rings (SSSR count). The largest absolute Gasteiger partial charge is 0.504 e. The number of carbonyl (C=O) groups excluding carboxylic acids is 2. The van der Waals surface area contributed by atoms with Gasteiger partial charge < -0.3 is 9.84 Å². The first-order chi connectivity index (χ1) is 12.0. The molecule has 0 bridgehead atoms. The highest BCUT2D eigenvalue weighted by atomic mass is 79.9. The summed E-state index contributed by atoms with van der Waals surface area (Å²) in [6.45, 7) is 2.19. The maximum Gasteiger partial charge on any atom is 0.282 e. The van der Waals surface area contributed by atoms with E-state index in [0.717, 1.165) is 4.47 Å². The average molecular weight is 403 g/mol. The number of rotatable bonds is 4. The second kappa shape index (κ2) is 6.98. The summed E-state index contributed by atoms with van der Waals surface area (Å²) >= 11 is 3.33. The summed E-state index contributed by atoms with van der Waals surface area (Å²) in [7, 11) is 0. The van der Waals surface area contributed by atoms with Crippen LogP contribution in [0, 0.1) is 0 Å². The lowest BCUT2D eigenvalue weighted by Gasteiger charge is -2.14. The Morgan fingerprint density at radius 3 is 2.60 bits per heavy atom. The number of nitrogens with one attached hydrogen (secondary N) is 1. The highest BCUT2D eigenvalue weighted by molar-refractivity contribution is 9.10. The molecule has 0 aromatic heterocycles. The first-order valence-electron chi connectivity index (χ1n) is 7.58. The van der Waals surface area contributed by atoms with Gasteiger partial charge in [0.15, 0.2) is 11.5 Å². The van der Waals surface area contributed by atoms with Crippen molar-refractivity contribution in [2.75, 3.05) is 11.6 Å². The van der Waals surface area contributed by atoms with Crippen molar-refractivity contribution in [1.29, 1.82) is 0 Å². The Labute approximate surface area is 152 Å². The van der Waals surface area contributed by atoms with Crippen LogP contribution in [-0.2, 0) is 9.59 Å². The zero-order valence-electron chi connectivity index (χ0n) is 13.3. The zero-order chi connectivity index (χ0) is 18.0. The van der Waals surface area contributed by atoms with Crippen molar-refractivity contribution in [3.05, 3.63) is 58.1 Å². The topological polar surface area (TPSA) is 78.9 Å². The van der Waals surface area contributed by atoms with Gasteiger partial charge in [0.1, 0.15) is 5.57 Å². The van der Waals surface area contributed by atoms with Crippen molar-refractivity contribution in [3.8, 4) is 11.5 Å². The van der Waals surface area contributed by atoms with Gasteiger partial charge in [0.2, 0.25) is 0 Å². The molecular formula is C18H15BrN2O4. The van der Waals surface area contributed by atoms with E-state index < -0.39 is 11.8 Å². The molecule has 2 aromatic carbocycles. The summed E-state index contributed by atoms with van der Waals surface area (Å²) in [5.41, 5.74) is 3.69. The van der Waals surface area contributed by atoms with Crippen LogP contribution in [0.25, 0.3) is 6.08 Å². The van der Waals surface area contributed by atoms with Gasteiger partial charge in [-0.2, -0.15) is 0 Å². The first-order valence-corrected chi connectivity index (χ1v) is 8.37. The molecule has 1 aliphatic rings. The average Bonchev–Trinajstić information content (AvgIpc) is 2.87. The van der Waals surface area contributed by atoms with E-state index in [1.54, 1.807) is 43.3 Å². The molecule has 6 nitrogen and oxygen atoms in total. The van der Waals surface area contributed by atoms with Crippen molar-refractivity contribution < 1.29 is 19.4 Å². The Hall–Kier alpha value is -2.80. The highest BCUT2D eigenvalue weighted by Crippen LogP contribution is 2.29. The summed E-state index contributed by atoms with van der Waals surface area (Å²) in [4.78, 5) is 24.8. The molecule has 25 heavy (non-hydrogen) atoms. The molecule has 0 saturated carbocycles. The van der Waals surface area contributed by atoms with E-state index in [2.05, 4.69) is 21.4 Å². The number of hydrogen-bond acceptors (Lipinski definition) is 4. The van der Waals surface area contributed by atoms with Crippen LogP contribution >= 0.6 is 15.9 Å². The fourth-order valence-electron chi connectivity index (χ4n) is 2.39. The minimum absolute atomic E-state index is 0.00249. The van der Waals surface area contributed by atoms with Crippen molar-refractivity contribution in [2.45, 2.75) is 6.92 Å². The van der Waals surface area contributed by atoms with Gasteiger partial charge in [-0.1, -0.05) is 22.0 Å². The van der Waals surface area contributed by atoms with Crippen molar-refractivity contribution in [1.82, 2.24) is 5.43 Å². The van der Waals surface area contributed by atoms with E-state index in [9.17, 15) is 14.7 Å². The Bertz CT molecular complexity index is 862. The lowest BCUT2D eigenvalue weighted by molar-refractivity contribution is -0.117. The molecule has 2 amide bonds. The number of ether oxygens (including phenoxy) is 1. The number of nitrogens with zero attached hydrogens (tertiary/aromatic N) is 1. The van der Waals surface area contributed by atoms with Gasteiger partial charge in [0.05, 0.1) is 12.3 Å². The quantitative estimate of drug-likeness (QED) is 0.608. The Morgan fingerprint density at radius 1 is 1.20 bits per heavy atom. The number of anilines is 1. The van der Waals surface area contributed by atoms with E-state index in [4.69, 9.17) is 4.74 Å². The van der Waals surface area contributed by atoms with Gasteiger partial charge in [-0.3, -0.25) is 15.0 Å². The van der Waals surface area contributed by atoms with Crippen LogP contribution in [0.4, 0.5) is 5.69 Å². The molecule has 1 saturated heterocycles. The number of hydrazine groups is 1. The van der Waals surface area contributed by atoms with Gasteiger partial charge in [0.25, 0.3) is 11.8 Å². The molecule has 128 valence electrons. The lowest BCUT2D eigenvalue weighted by atomic mass is 10.1. The SMILES string of the molecule is CCOc1cc(/C=C2\C(=O)NN(c3ccc(Br)cc3)C2=O)ccc1O. The van der Waals surface area contributed by atoms with Gasteiger partial charge in [-0.05, 0) is 55.0 Å². The van der Waals surface area contributed by atoms with E-state index in [1.165, 1.54) is 17.2 Å². The molecule has 2 N–H and O–H groups in total. The predicted molar refractivity (Wildman–Crippen MR) is 97.0 cm³/mol. The summed E-state index contributed by atoms with van der Waals surface area (Å²) in [5.74, 6) is -0.632. The second-order valence-corrected chi connectivity index (χ2v) is 6.19. The second-order valence-electron chi connectivity index (χ2n) is 5.28. The number of carbonyl (C=O) groups is 2. The fourth-order valence-corrected chi connectivity index (χ4v) is 2.65. The number of phenols is 1. The lowest BCUT2D eigenvalue weighted by Crippen LogP contribution is -2.35. The van der Waals surface area contributed by atoms with Crippen LogP contribution in [0.2, 0.25) is 0 Å². The summed E-state index contributed by atoms with van der Waals surface area (Å²) in [6, 6.07) is 11.6. The molecule has 1 fully saturated rings. The molecule has 0 atom stereocenters. The third-order valence-electron chi connectivity index (χ3n) is 3.57. The van der Waals surface area contributed by atoms with Crippen LogP contribution in [0.5, 0.6) is 11.5 Å². The summed E-state index contributed by atoms with van der Waals surface area (Å²) in [6.07, 6.45) is 1.47. The number of hydrogen-bond donors (Lipinski definition) is 2. The van der Waals surface area contributed by atoms with Crippen LogP contribution < -0.4 is 15.2 Å². The maximum atomic E-state index is 12.6. The predicted octanol–water partition coefficient (Wildman–Crippen LogP) is 3.01. The van der Waals surface area contributed by atoms with Crippen LogP contribution in [0.1, 0.15) is 12.5 Å². The van der Waals surface area contributed by atoms with Crippen molar-refractivity contribution in [3.63, 3.8) is 0 Å². The van der Waals surface area contributed by atoms with Crippen LogP contribution in [-0.4, -0.2) is 23.5 Å². The maximum absolute atomic E-state index is 12.6. The molecule has 0 unspecified atom stereocenters. The van der Waals surface area contributed by atoms with E-state index in [1.807, 2.05) is 0 Å². The van der Waals surface area contributed by atoms with E-state index >= 15 is 0 Å². The molecule has 0 radical (unpaired) electrons. The minimum Gasteiger partial charge on any atom is -0.504 e. The van der Waals surface area contributed by atoms with Gasteiger partial charge in [-0.25, -0.2) is 5.01 Å². The standard InChI is InChI=1S/C18H15BrN2O4/c1-2-25-16-10-11(3-8-15(16)22)9-14-17(23)20-21(18(14)24)13-6-4-12(19)5-7-13/h3-10,22H,2H2,1H3,(H,20,23)/b14-9+. The third kappa shape index (κ3) is 3.51. The number of aromatic hydroxyl groups is 1. The first kappa shape index (κ1) is 17.0. The molecule has 0 aliphatic carbocycles. The summed E-state index contributed by atoms with van der Waals surface area (Å²) in [5, 5.41) is 10.9. The highest BCUT2D eigenvalue weighted by Gasteiger charge is 2.34. The van der Waals surface area contributed by atoms with Crippen LogP contribution in [0.3, 0.4) is 0 Å². The normalized spacial score (nSPS) is 15.6. The molecule has 1 aliphatic heterocycles. The van der Waals surface area contributed by atoms with E-state index in [0.29, 0.717) is 23.6 Å². The number of halogens is 1. The Balaban J connectivity index is 1.91. The summed E-state index contributed by atoms with van der Waals surface area (Å²) < 4.78 is 6.19. The third-order valence-corrected chi connectivity index (χ3v) is 4.10. The Kier molecular flexibility index (Phi) is 4.76. The van der Waals surface area contributed by atoms with Gasteiger partial charge >= 0.3 is 0 Å². The van der Waals surface area contributed by atoms with E-state index in [-0.39, 0.29) is 11.3 Å². The van der Waals surface area contributed by atoms with Gasteiger partial charge in [-0.15, -0.1) is 0 Å². The molecule has 0 spiro atoms. The monoisotopic (exact) mass is 402 g/mol. The van der Waals surface area contributed by atoms with Crippen molar-refractivity contribution in [2.24, 2.45) is 0 Å². The number of benzene rings is 2. The number of amides is 2. The molecule has 1 heterocycles. The molecular weight excluding hydrogens is 388 g/mol. The Morgan fingerprint density at radius 2 is 1.92 bits per heavy atom. The zero-order valence-corrected chi connectivity index (χ0v) is 14.9. The van der Waals surface area contributed by atoms with Crippen LogP contribution in [0.15, 0.2) is 52.5 Å². The fraction of sp³-hybridized carbons (Fsp3) is 0.111. The number of phenolic OH excluding ortho intramolecular Hbond substituents is 1.